The first-order valence-corrected chi connectivity index (χ1v) is 12.6. The molecule has 0 aliphatic carbocycles. The van der Waals surface area contributed by atoms with Crippen molar-refractivity contribution in [1.29, 1.82) is 0 Å². The topological polar surface area (TPSA) is 43.1 Å². The van der Waals surface area contributed by atoms with Gasteiger partial charge in [-0.15, -0.1) is 0 Å². The molecule has 5 nitrogen and oxygen atoms in total. The molecule has 0 fully saturated rings. The molecule has 0 bridgehead atoms. The maximum Gasteiger partial charge on any atom is 0.256 e. The lowest BCUT2D eigenvalue weighted by molar-refractivity contribution is 0.254. The lowest BCUT2D eigenvalue weighted by Crippen LogP contribution is -2.36. The van der Waals surface area contributed by atoms with Crippen molar-refractivity contribution in [1.82, 2.24) is 19.0 Å². The van der Waals surface area contributed by atoms with Crippen LogP contribution in [0.5, 0.6) is 0 Å². The minimum atomic E-state index is 0.194. The second-order valence-corrected chi connectivity index (χ2v) is 9.80. The van der Waals surface area contributed by atoms with Crippen LogP contribution in [0.1, 0.15) is 46.7 Å². The Morgan fingerprint density at radius 2 is 1.76 bits per heavy atom. The van der Waals surface area contributed by atoms with Gasteiger partial charge >= 0.3 is 0 Å². The molecule has 2 aromatic heterocycles. The van der Waals surface area contributed by atoms with Gasteiger partial charge in [0, 0.05) is 73.4 Å². The summed E-state index contributed by atoms with van der Waals surface area (Å²) >= 11 is 0. The highest BCUT2D eigenvalue weighted by atomic mass is 16.1. The molecule has 6 rings (SSSR count). The fourth-order valence-corrected chi connectivity index (χ4v) is 5.88. The zero-order valence-electron chi connectivity index (χ0n) is 20.0. The molecule has 0 saturated carbocycles. The Morgan fingerprint density at radius 1 is 0.941 bits per heavy atom. The van der Waals surface area contributed by atoms with Crippen LogP contribution in [-0.2, 0) is 38.9 Å². The van der Waals surface area contributed by atoms with Crippen molar-refractivity contribution in [3.63, 3.8) is 0 Å². The Labute approximate surface area is 200 Å². The van der Waals surface area contributed by atoms with Crippen molar-refractivity contribution >= 4 is 10.9 Å². The number of hydrogen-bond donors (Lipinski definition) is 0. The molecule has 2 aliphatic heterocycles. The molecule has 174 valence electrons. The van der Waals surface area contributed by atoms with Gasteiger partial charge < -0.3 is 4.57 Å². The van der Waals surface area contributed by atoms with Crippen LogP contribution in [0.15, 0.2) is 59.4 Å². The van der Waals surface area contributed by atoms with Gasteiger partial charge in [-0.1, -0.05) is 48.5 Å². The number of rotatable bonds is 5. The van der Waals surface area contributed by atoms with E-state index in [0.717, 1.165) is 81.9 Å². The maximum atomic E-state index is 13.2. The molecule has 0 spiro atoms. The molecule has 0 N–H and O–H groups in total. The molecule has 0 radical (unpaired) electrons. The van der Waals surface area contributed by atoms with Gasteiger partial charge in [0.2, 0.25) is 0 Å². The van der Waals surface area contributed by atoms with Crippen molar-refractivity contribution in [2.45, 2.75) is 58.7 Å². The normalized spacial score (nSPS) is 15.9. The summed E-state index contributed by atoms with van der Waals surface area (Å²) in [4.78, 5) is 20.5. The van der Waals surface area contributed by atoms with Gasteiger partial charge in [0.05, 0.1) is 0 Å². The third-order valence-corrected chi connectivity index (χ3v) is 7.68. The Kier molecular flexibility index (Phi) is 5.58. The van der Waals surface area contributed by atoms with Crippen molar-refractivity contribution in [2.24, 2.45) is 0 Å². The number of para-hydroxylation sites is 1. The van der Waals surface area contributed by atoms with E-state index in [1.807, 2.05) is 11.5 Å². The first kappa shape index (κ1) is 21.4. The fourth-order valence-electron chi connectivity index (χ4n) is 5.88. The number of aromatic nitrogens is 3. The van der Waals surface area contributed by atoms with E-state index in [0.29, 0.717) is 0 Å². The van der Waals surface area contributed by atoms with E-state index in [4.69, 9.17) is 4.98 Å². The van der Waals surface area contributed by atoms with Crippen LogP contribution < -0.4 is 5.56 Å². The van der Waals surface area contributed by atoms with Gasteiger partial charge in [-0.05, 0) is 43.4 Å². The minimum absolute atomic E-state index is 0.194. The smallest absolute Gasteiger partial charge is 0.256 e. The van der Waals surface area contributed by atoms with Crippen molar-refractivity contribution in [3.8, 4) is 0 Å². The van der Waals surface area contributed by atoms with E-state index in [2.05, 4.69) is 64.1 Å². The van der Waals surface area contributed by atoms with Gasteiger partial charge in [-0.25, -0.2) is 4.98 Å². The van der Waals surface area contributed by atoms with Crippen molar-refractivity contribution in [3.05, 3.63) is 98.9 Å². The van der Waals surface area contributed by atoms with Crippen LogP contribution in [0.2, 0.25) is 0 Å². The van der Waals surface area contributed by atoms with Crippen LogP contribution in [0.4, 0.5) is 0 Å². The standard InChI is InChI=1S/C29H32N4O/c1-21-23(29(34)32-16-8-7-13-28(32)30-21)14-17-31-18-15-27-25(20-31)24-11-5-6-12-26(24)33(27)19-22-9-3-2-4-10-22/h2-6,9-12H,7-8,13-20H2,1H3. The Morgan fingerprint density at radius 3 is 2.65 bits per heavy atom. The summed E-state index contributed by atoms with van der Waals surface area (Å²) in [6.45, 7) is 6.61. The molecule has 34 heavy (non-hydrogen) atoms. The Hall–Kier alpha value is -3.18. The zero-order chi connectivity index (χ0) is 23.1. The first-order valence-electron chi connectivity index (χ1n) is 12.6. The summed E-state index contributed by atoms with van der Waals surface area (Å²) in [6.07, 6.45) is 4.96. The molecule has 0 amide bonds. The van der Waals surface area contributed by atoms with Gasteiger partial charge in [0.25, 0.3) is 5.56 Å². The predicted octanol–water partition coefficient (Wildman–Crippen LogP) is 4.49. The average Bonchev–Trinajstić information content (AvgIpc) is 3.17. The molecular formula is C29H32N4O. The molecule has 4 aromatic rings. The number of aryl methyl sites for hydroxylation is 2. The van der Waals surface area contributed by atoms with E-state index >= 15 is 0 Å². The summed E-state index contributed by atoms with van der Waals surface area (Å²) in [6, 6.07) is 19.6. The lowest BCUT2D eigenvalue weighted by atomic mass is 10.0. The third-order valence-electron chi connectivity index (χ3n) is 7.68. The van der Waals surface area contributed by atoms with E-state index in [1.165, 1.54) is 27.7 Å². The fraction of sp³-hybridized carbons (Fsp3) is 0.379. The molecule has 5 heteroatoms. The Bertz CT molecular complexity index is 1400. The van der Waals surface area contributed by atoms with Gasteiger partial charge in [-0.3, -0.25) is 14.3 Å². The highest BCUT2D eigenvalue weighted by molar-refractivity contribution is 5.86. The SMILES string of the molecule is Cc1nc2n(c(=O)c1CCN1CCc3c(c4ccccc4n3Cc3ccccc3)C1)CCCC2. The first-order chi connectivity index (χ1) is 16.7. The second kappa shape index (κ2) is 8.88. The molecule has 0 saturated heterocycles. The van der Waals surface area contributed by atoms with Crippen LogP contribution >= 0.6 is 0 Å². The largest absolute Gasteiger partial charge is 0.340 e. The van der Waals surface area contributed by atoms with E-state index in [1.54, 1.807) is 0 Å². The highest BCUT2D eigenvalue weighted by Crippen LogP contribution is 2.31. The van der Waals surface area contributed by atoms with Crippen LogP contribution in [0.25, 0.3) is 10.9 Å². The van der Waals surface area contributed by atoms with E-state index in [9.17, 15) is 4.79 Å². The van der Waals surface area contributed by atoms with Crippen molar-refractivity contribution < 1.29 is 0 Å². The number of hydrogen-bond acceptors (Lipinski definition) is 3. The number of fused-ring (bicyclic) bond motifs is 4. The molecule has 0 unspecified atom stereocenters. The van der Waals surface area contributed by atoms with Crippen LogP contribution in [-0.4, -0.2) is 32.1 Å². The maximum absolute atomic E-state index is 13.2. The monoisotopic (exact) mass is 452 g/mol. The third kappa shape index (κ3) is 3.78. The summed E-state index contributed by atoms with van der Waals surface area (Å²) in [7, 11) is 0. The summed E-state index contributed by atoms with van der Waals surface area (Å²) in [5.74, 6) is 0.978. The van der Waals surface area contributed by atoms with E-state index in [-0.39, 0.29) is 5.56 Å². The lowest BCUT2D eigenvalue weighted by Gasteiger charge is -2.28. The minimum Gasteiger partial charge on any atom is -0.340 e. The van der Waals surface area contributed by atoms with E-state index < -0.39 is 0 Å². The van der Waals surface area contributed by atoms with Crippen LogP contribution in [0.3, 0.4) is 0 Å². The summed E-state index contributed by atoms with van der Waals surface area (Å²) < 4.78 is 4.44. The summed E-state index contributed by atoms with van der Waals surface area (Å²) in [5, 5.41) is 1.37. The van der Waals surface area contributed by atoms with Gasteiger partial charge in [0.15, 0.2) is 0 Å². The van der Waals surface area contributed by atoms with Gasteiger partial charge in [-0.2, -0.15) is 0 Å². The van der Waals surface area contributed by atoms with Crippen LogP contribution in [0, 0.1) is 6.92 Å². The predicted molar refractivity (Wildman–Crippen MR) is 136 cm³/mol. The summed E-state index contributed by atoms with van der Waals surface area (Å²) in [5.41, 5.74) is 7.61. The molecule has 2 aromatic carbocycles. The molecule has 0 atom stereocenters. The number of nitrogens with zero attached hydrogens (tertiary/aromatic N) is 4. The van der Waals surface area contributed by atoms with Crippen molar-refractivity contribution in [2.75, 3.05) is 13.1 Å². The Balaban J connectivity index is 1.26. The molecular weight excluding hydrogens is 420 g/mol. The van der Waals surface area contributed by atoms with Gasteiger partial charge in [0.1, 0.15) is 5.82 Å². The molecule has 2 aliphatic rings. The zero-order valence-corrected chi connectivity index (χ0v) is 20.0. The highest BCUT2D eigenvalue weighted by Gasteiger charge is 2.25. The second-order valence-electron chi connectivity index (χ2n) is 9.80. The average molecular weight is 453 g/mol. The number of benzene rings is 2. The molecule has 4 heterocycles. The quantitative estimate of drug-likeness (QED) is 0.448.